The highest BCUT2D eigenvalue weighted by Crippen LogP contribution is 2.51. The van der Waals surface area contributed by atoms with E-state index in [0.29, 0.717) is 37.5 Å². The van der Waals surface area contributed by atoms with E-state index in [1.807, 2.05) is 23.6 Å². The van der Waals surface area contributed by atoms with Gasteiger partial charge in [0.1, 0.15) is 5.70 Å². The first kappa shape index (κ1) is 23.1. The Labute approximate surface area is 191 Å². The summed E-state index contributed by atoms with van der Waals surface area (Å²) in [7, 11) is 0. The van der Waals surface area contributed by atoms with Crippen LogP contribution in [0.15, 0.2) is 10.6 Å². The number of carboxylic acid groups (broad SMARTS) is 1. The van der Waals surface area contributed by atoms with Crippen LogP contribution in [0.2, 0.25) is 0 Å². The Morgan fingerprint density at radius 3 is 2.62 bits per heavy atom. The molecule has 4 aliphatic rings. The third-order valence-corrected chi connectivity index (χ3v) is 8.63. The van der Waals surface area contributed by atoms with Gasteiger partial charge >= 0.3 is 5.97 Å². The van der Waals surface area contributed by atoms with Gasteiger partial charge in [0.2, 0.25) is 11.8 Å². The largest absolute Gasteiger partial charge is 0.477 e. The van der Waals surface area contributed by atoms with Crippen LogP contribution < -0.4 is 5.32 Å². The maximum atomic E-state index is 13.1. The maximum absolute atomic E-state index is 13.1. The summed E-state index contributed by atoms with van der Waals surface area (Å²) in [6.45, 7) is 7.91. The van der Waals surface area contributed by atoms with Crippen LogP contribution in [-0.2, 0) is 14.4 Å². The predicted octanol–water partition coefficient (Wildman–Crippen LogP) is -0.256. The maximum Gasteiger partial charge on any atom is 0.353 e. The van der Waals surface area contributed by atoms with Gasteiger partial charge in [-0.05, 0) is 20.3 Å². The molecule has 0 saturated carbocycles. The van der Waals surface area contributed by atoms with Gasteiger partial charge < -0.3 is 30.2 Å². The van der Waals surface area contributed by atoms with E-state index >= 15 is 0 Å². The van der Waals surface area contributed by atoms with Crippen LogP contribution >= 0.6 is 11.8 Å². The molecule has 0 aliphatic carbocycles. The Balaban J connectivity index is 1.43. The molecule has 3 saturated heterocycles. The summed E-state index contributed by atoms with van der Waals surface area (Å²) in [6.07, 6.45) is 1.07. The standard InChI is InChI=1S/C21H31N5O5S/c1-10-8-24(9-22)4-5-25(10)19(28)14-6-13(7-23-14)32-18-11(2)16-15(12(3)27)20(29)26(16)17(18)21(30)31/h9-16,22-23,27H,4-8H2,1-3H3,(H,30,31)/t10?,11-,12?,13+,14+,15-,16-/m1/s1. The number of thioether (sulfide) groups is 1. The first-order valence-electron chi connectivity index (χ1n) is 11.1. The van der Waals surface area contributed by atoms with Gasteiger partial charge in [0.15, 0.2) is 0 Å². The minimum atomic E-state index is -1.13. The third kappa shape index (κ3) is 3.69. The molecule has 0 aromatic heterocycles. The Morgan fingerprint density at radius 2 is 2.03 bits per heavy atom. The molecule has 0 radical (unpaired) electrons. The lowest BCUT2D eigenvalue weighted by Crippen LogP contribution is -2.63. The summed E-state index contributed by atoms with van der Waals surface area (Å²) in [5.74, 6) is -2.16. The molecule has 176 valence electrons. The van der Waals surface area contributed by atoms with Crippen molar-refractivity contribution in [2.75, 3.05) is 26.2 Å². The fraction of sp³-hybridized carbons (Fsp3) is 0.714. The number of fused-ring (bicyclic) bond motifs is 1. The van der Waals surface area contributed by atoms with Crippen molar-refractivity contribution in [1.82, 2.24) is 20.0 Å². The number of piperazine rings is 1. The lowest BCUT2D eigenvalue weighted by atomic mass is 9.79. The highest BCUT2D eigenvalue weighted by molar-refractivity contribution is 8.03. The molecule has 4 heterocycles. The fourth-order valence-electron chi connectivity index (χ4n) is 5.47. The molecule has 2 amide bonds. The molecule has 4 rings (SSSR count). The van der Waals surface area contributed by atoms with Crippen molar-refractivity contribution >= 4 is 35.9 Å². The molecule has 0 spiro atoms. The summed E-state index contributed by atoms with van der Waals surface area (Å²) in [5.41, 5.74) is 0.0283. The highest BCUT2D eigenvalue weighted by atomic mass is 32.2. The molecular formula is C21H31N5O5S. The van der Waals surface area contributed by atoms with Crippen molar-refractivity contribution < 1.29 is 24.6 Å². The van der Waals surface area contributed by atoms with Crippen molar-refractivity contribution in [3.05, 3.63) is 10.6 Å². The van der Waals surface area contributed by atoms with Gasteiger partial charge in [-0.1, -0.05) is 6.92 Å². The quantitative estimate of drug-likeness (QED) is 0.239. The molecule has 3 fully saturated rings. The molecule has 4 aliphatic heterocycles. The molecular weight excluding hydrogens is 434 g/mol. The molecule has 11 heteroatoms. The van der Waals surface area contributed by atoms with Crippen LogP contribution in [0.4, 0.5) is 0 Å². The molecule has 2 unspecified atom stereocenters. The van der Waals surface area contributed by atoms with E-state index in [1.54, 1.807) is 6.92 Å². The van der Waals surface area contributed by atoms with Gasteiger partial charge in [-0.25, -0.2) is 4.79 Å². The molecule has 0 aromatic rings. The van der Waals surface area contributed by atoms with E-state index < -0.39 is 18.0 Å². The average molecular weight is 466 g/mol. The van der Waals surface area contributed by atoms with Crippen LogP contribution in [0.3, 0.4) is 0 Å². The summed E-state index contributed by atoms with van der Waals surface area (Å²) in [6, 6.07) is -0.626. The summed E-state index contributed by atoms with van der Waals surface area (Å²) < 4.78 is 0. The number of nitrogens with one attached hydrogen (secondary N) is 2. The second-order valence-electron chi connectivity index (χ2n) is 9.21. The Bertz CT molecular complexity index is 864. The molecule has 4 N–H and O–H groups in total. The summed E-state index contributed by atoms with van der Waals surface area (Å²) in [4.78, 5) is 43.3. The first-order valence-corrected chi connectivity index (χ1v) is 12.0. The van der Waals surface area contributed by atoms with E-state index in [1.165, 1.54) is 23.0 Å². The molecule has 0 aromatic carbocycles. The number of aliphatic hydroxyl groups excluding tert-OH is 1. The number of nitrogens with zero attached hydrogens (tertiary/aromatic N) is 3. The van der Waals surface area contributed by atoms with Crippen molar-refractivity contribution in [2.24, 2.45) is 11.8 Å². The minimum absolute atomic E-state index is 0.0210. The number of rotatable bonds is 6. The van der Waals surface area contributed by atoms with Gasteiger partial charge in [-0.15, -0.1) is 11.8 Å². The van der Waals surface area contributed by atoms with Crippen LogP contribution in [-0.4, -0.2) is 105 Å². The zero-order valence-electron chi connectivity index (χ0n) is 18.5. The number of carbonyl (C=O) groups excluding carboxylic acids is 2. The smallest absolute Gasteiger partial charge is 0.353 e. The van der Waals surface area contributed by atoms with Gasteiger partial charge in [-0.3, -0.25) is 15.0 Å². The topological polar surface area (TPSA) is 137 Å². The SMILES string of the molecule is CC(O)[C@H]1C(=O)N2C(C(=O)O)=C(S[C@@H]3CN[C@H](C(=O)N4CCN(C=N)CC4C)C3)[C@H](C)[C@H]12. The first-order chi connectivity index (χ1) is 15.1. The second-order valence-corrected chi connectivity index (χ2v) is 10.6. The van der Waals surface area contributed by atoms with Crippen LogP contribution in [0.1, 0.15) is 27.2 Å². The van der Waals surface area contributed by atoms with Crippen molar-refractivity contribution in [1.29, 1.82) is 5.41 Å². The average Bonchev–Trinajstić information content (AvgIpc) is 3.29. The van der Waals surface area contributed by atoms with Crippen molar-refractivity contribution in [2.45, 2.75) is 56.7 Å². The fourth-order valence-corrected chi connectivity index (χ4v) is 6.95. The number of aliphatic hydroxyl groups is 1. The monoisotopic (exact) mass is 465 g/mol. The third-order valence-electron chi connectivity index (χ3n) is 7.12. The van der Waals surface area contributed by atoms with Crippen molar-refractivity contribution in [3.8, 4) is 0 Å². The van der Waals surface area contributed by atoms with Crippen LogP contribution in [0, 0.1) is 17.2 Å². The van der Waals surface area contributed by atoms with E-state index in [9.17, 15) is 24.6 Å². The van der Waals surface area contributed by atoms with Gasteiger partial charge in [0.25, 0.3) is 0 Å². The molecule has 0 bridgehead atoms. The van der Waals surface area contributed by atoms with Crippen LogP contribution in [0.25, 0.3) is 0 Å². The van der Waals surface area contributed by atoms with Gasteiger partial charge in [-0.2, -0.15) is 0 Å². The van der Waals surface area contributed by atoms with Crippen molar-refractivity contribution in [3.63, 3.8) is 0 Å². The number of carboxylic acids is 1. The zero-order valence-corrected chi connectivity index (χ0v) is 19.3. The van der Waals surface area contributed by atoms with E-state index in [0.717, 1.165) is 0 Å². The highest BCUT2D eigenvalue weighted by Gasteiger charge is 2.60. The number of carbonyl (C=O) groups is 3. The molecule has 32 heavy (non-hydrogen) atoms. The van der Waals surface area contributed by atoms with E-state index in [-0.39, 0.29) is 46.8 Å². The van der Waals surface area contributed by atoms with E-state index in [4.69, 9.17) is 5.41 Å². The number of β-lactam (4-membered cyclic amide) rings is 1. The zero-order chi connectivity index (χ0) is 23.3. The Morgan fingerprint density at radius 1 is 1.31 bits per heavy atom. The van der Waals surface area contributed by atoms with Gasteiger partial charge in [0.05, 0.1) is 30.4 Å². The van der Waals surface area contributed by atoms with Gasteiger partial charge in [0, 0.05) is 48.3 Å². The second kappa shape index (κ2) is 8.68. The lowest BCUT2D eigenvalue weighted by molar-refractivity contribution is -0.163. The number of hydrogen-bond acceptors (Lipinski definition) is 7. The number of aliphatic carboxylic acids is 1. The normalized spacial score (nSPS) is 35.6. The Kier molecular flexibility index (Phi) is 6.25. The Hall–Kier alpha value is -2.11. The molecule has 7 atom stereocenters. The number of amides is 2. The summed E-state index contributed by atoms with van der Waals surface area (Å²) >= 11 is 1.45. The lowest BCUT2D eigenvalue weighted by Gasteiger charge is -2.46. The number of hydrogen-bond donors (Lipinski definition) is 4. The molecule has 10 nitrogen and oxygen atoms in total. The van der Waals surface area contributed by atoms with Crippen LogP contribution in [0.5, 0.6) is 0 Å². The van der Waals surface area contributed by atoms with E-state index in [2.05, 4.69) is 5.32 Å². The summed E-state index contributed by atoms with van der Waals surface area (Å²) in [5, 5.41) is 30.5. The minimum Gasteiger partial charge on any atom is -0.477 e. The predicted molar refractivity (Wildman–Crippen MR) is 119 cm³/mol.